The highest BCUT2D eigenvalue weighted by atomic mass is 32.1. The minimum Gasteiger partial charge on any atom is -0.452 e. The molecule has 0 unspecified atom stereocenters. The zero-order chi connectivity index (χ0) is 17.1. The van der Waals surface area contributed by atoms with Crippen LogP contribution >= 0.6 is 11.3 Å². The van der Waals surface area contributed by atoms with Crippen molar-refractivity contribution in [1.29, 1.82) is 0 Å². The maximum atomic E-state index is 12.5. The average molecular weight is 344 g/mol. The van der Waals surface area contributed by atoms with Crippen molar-refractivity contribution in [2.45, 2.75) is 25.7 Å². The Hall–Kier alpha value is -2.34. The molecule has 0 spiro atoms. The van der Waals surface area contributed by atoms with Gasteiger partial charge in [-0.1, -0.05) is 0 Å². The molecule has 2 aromatic rings. The second-order valence-corrected chi connectivity index (χ2v) is 6.75. The van der Waals surface area contributed by atoms with Gasteiger partial charge in [0.25, 0.3) is 5.91 Å². The van der Waals surface area contributed by atoms with Crippen molar-refractivity contribution in [3.63, 3.8) is 0 Å². The van der Waals surface area contributed by atoms with Crippen LogP contribution in [0.1, 0.15) is 33.6 Å². The SMILES string of the molecule is COC(=O)N(C)c1ccc(NC(=O)c2csc3c2CCCC3)cc1. The third kappa shape index (κ3) is 3.28. The molecule has 0 radical (unpaired) electrons. The van der Waals surface area contributed by atoms with Gasteiger partial charge < -0.3 is 10.1 Å². The van der Waals surface area contributed by atoms with Gasteiger partial charge in [-0.2, -0.15) is 0 Å². The molecule has 0 aliphatic heterocycles. The first-order chi connectivity index (χ1) is 11.6. The summed E-state index contributed by atoms with van der Waals surface area (Å²) < 4.78 is 4.68. The van der Waals surface area contributed by atoms with E-state index in [4.69, 9.17) is 0 Å². The molecule has 2 amide bonds. The molecule has 126 valence electrons. The maximum absolute atomic E-state index is 12.5. The zero-order valence-electron chi connectivity index (χ0n) is 13.8. The Bertz CT molecular complexity index is 752. The monoisotopic (exact) mass is 344 g/mol. The van der Waals surface area contributed by atoms with E-state index in [1.54, 1.807) is 42.6 Å². The van der Waals surface area contributed by atoms with E-state index in [0.717, 1.165) is 24.8 Å². The highest BCUT2D eigenvalue weighted by molar-refractivity contribution is 7.10. The second kappa shape index (κ2) is 7.05. The van der Waals surface area contributed by atoms with Crippen LogP contribution in [0.15, 0.2) is 29.6 Å². The topological polar surface area (TPSA) is 58.6 Å². The number of carbonyl (C=O) groups is 2. The predicted octanol–water partition coefficient (Wildman–Crippen LogP) is 4.08. The summed E-state index contributed by atoms with van der Waals surface area (Å²) in [6.45, 7) is 0. The van der Waals surface area contributed by atoms with Crippen LogP contribution in [0.25, 0.3) is 0 Å². The van der Waals surface area contributed by atoms with Crippen LogP contribution in [0.3, 0.4) is 0 Å². The maximum Gasteiger partial charge on any atom is 0.413 e. The van der Waals surface area contributed by atoms with Crippen molar-refractivity contribution < 1.29 is 14.3 Å². The molecule has 1 aliphatic carbocycles. The quantitative estimate of drug-likeness (QED) is 0.912. The summed E-state index contributed by atoms with van der Waals surface area (Å²) in [5.41, 5.74) is 3.42. The van der Waals surface area contributed by atoms with E-state index in [1.165, 1.54) is 28.9 Å². The lowest BCUT2D eigenvalue weighted by Crippen LogP contribution is -2.25. The number of benzene rings is 1. The molecular formula is C18H20N2O3S. The summed E-state index contributed by atoms with van der Waals surface area (Å²) in [5, 5.41) is 4.90. The first-order valence-electron chi connectivity index (χ1n) is 7.92. The number of hydrogen-bond acceptors (Lipinski definition) is 4. The fraction of sp³-hybridized carbons (Fsp3) is 0.333. The van der Waals surface area contributed by atoms with Crippen molar-refractivity contribution in [3.05, 3.63) is 45.6 Å². The number of amides is 2. The van der Waals surface area contributed by atoms with Gasteiger partial charge in [0, 0.05) is 28.7 Å². The molecule has 1 aliphatic rings. The fourth-order valence-corrected chi connectivity index (χ4v) is 4.02. The number of anilines is 2. The smallest absolute Gasteiger partial charge is 0.413 e. The molecule has 1 aromatic heterocycles. The number of ether oxygens (including phenoxy) is 1. The van der Waals surface area contributed by atoms with Crippen molar-refractivity contribution in [1.82, 2.24) is 0 Å². The molecule has 0 fully saturated rings. The summed E-state index contributed by atoms with van der Waals surface area (Å²) in [6.07, 6.45) is 4.01. The first-order valence-corrected chi connectivity index (χ1v) is 8.80. The van der Waals surface area contributed by atoms with E-state index >= 15 is 0 Å². The summed E-state index contributed by atoms with van der Waals surface area (Å²) in [7, 11) is 2.98. The number of rotatable bonds is 3. The number of aryl methyl sites for hydroxylation is 1. The van der Waals surface area contributed by atoms with Crippen LogP contribution in [0.5, 0.6) is 0 Å². The van der Waals surface area contributed by atoms with E-state index in [9.17, 15) is 9.59 Å². The van der Waals surface area contributed by atoms with Gasteiger partial charge in [0.2, 0.25) is 0 Å². The third-order valence-electron chi connectivity index (χ3n) is 4.27. The van der Waals surface area contributed by atoms with Gasteiger partial charge in [-0.05, 0) is 55.5 Å². The lowest BCUT2D eigenvalue weighted by Gasteiger charge is -2.16. The Kier molecular flexibility index (Phi) is 4.85. The lowest BCUT2D eigenvalue weighted by molar-refractivity contribution is 0.102. The van der Waals surface area contributed by atoms with Gasteiger partial charge in [-0.15, -0.1) is 11.3 Å². The highest BCUT2D eigenvalue weighted by Crippen LogP contribution is 2.30. The lowest BCUT2D eigenvalue weighted by atomic mass is 9.95. The average Bonchev–Trinajstić information content (AvgIpc) is 3.05. The molecule has 6 heteroatoms. The van der Waals surface area contributed by atoms with Gasteiger partial charge in [-0.3, -0.25) is 9.69 Å². The van der Waals surface area contributed by atoms with E-state index in [2.05, 4.69) is 10.1 Å². The molecule has 0 atom stereocenters. The van der Waals surface area contributed by atoms with E-state index in [-0.39, 0.29) is 5.91 Å². The minimum atomic E-state index is -0.434. The van der Waals surface area contributed by atoms with E-state index < -0.39 is 6.09 Å². The van der Waals surface area contributed by atoms with Crippen LogP contribution in [0.2, 0.25) is 0 Å². The Morgan fingerprint density at radius 2 is 1.88 bits per heavy atom. The highest BCUT2D eigenvalue weighted by Gasteiger charge is 2.20. The van der Waals surface area contributed by atoms with Crippen molar-refractivity contribution in [2.75, 3.05) is 24.4 Å². The van der Waals surface area contributed by atoms with Crippen molar-refractivity contribution in [2.24, 2.45) is 0 Å². The molecular weight excluding hydrogens is 324 g/mol. The Morgan fingerprint density at radius 3 is 2.58 bits per heavy atom. The molecule has 0 saturated heterocycles. The number of fused-ring (bicyclic) bond motifs is 1. The van der Waals surface area contributed by atoms with Gasteiger partial charge in [0.05, 0.1) is 12.7 Å². The number of methoxy groups -OCH3 is 1. The second-order valence-electron chi connectivity index (χ2n) is 5.79. The van der Waals surface area contributed by atoms with Gasteiger partial charge in [0.15, 0.2) is 0 Å². The standard InChI is InChI=1S/C18H20N2O3S/c1-20(18(22)23-2)13-9-7-12(8-10-13)19-17(21)15-11-24-16-6-4-3-5-14(15)16/h7-11H,3-6H2,1-2H3,(H,19,21). The summed E-state index contributed by atoms with van der Waals surface area (Å²) >= 11 is 1.68. The van der Waals surface area contributed by atoms with Crippen LogP contribution in [0.4, 0.5) is 16.2 Å². The van der Waals surface area contributed by atoms with Crippen LogP contribution in [-0.4, -0.2) is 26.2 Å². The summed E-state index contributed by atoms with van der Waals surface area (Å²) in [5.74, 6) is -0.0662. The molecule has 24 heavy (non-hydrogen) atoms. The molecule has 0 saturated carbocycles. The summed E-state index contributed by atoms with van der Waals surface area (Å²) in [6, 6.07) is 7.11. The summed E-state index contributed by atoms with van der Waals surface area (Å²) in [4.78, 5) is 26.8. The number of nitrogens with zero attached hydrogens (tertiary/aromatic N) is 1. The Morgan fingerprint density at radius 1 is 1.17 bits per heavy atom. The molecule has 1 N–H and O–H groups in total. The Balaban J connectivity index is 1.71. The first kappa shape index (κ1) is 16.5. The van der Waals surface area contributed by atoms with Gasteiger partial charge in [-0.25, -0.2) is 4.79 Å². The molecule has 5 nitrogen and oxygen atoms in total. The van der Waals surface area contributed by atoms with Crippen LogP contribution < -0.4 is 10.2 Å². The number of hydrogen-bond donors (Lipinski definition) is 1. The van der Waals surface area contributed by atoms with Crippen molar-refractivity contribution in [3.8, 4) is 0 Å². The molecule has 0 bridgehead atoms. The van der Waals surface area contributed by atoms with Gasteiger partial charge >= 0.3 is 6.09 Å². The normalized spacial score (nSPS) is 13.1. The number of carbonyl (C=O) groups excluding carboxylic acids is 2. The molecule has 3 rings (SSSR count). The van der Waals surface area contributed by atoms with E-state index in [1.807, 2.05) is 5.38 Å². The molecule has 1 aromatic carbocycles. The van der Waals surface area contributed by atoms with Gasteiger partial charge in [0.1, 0.15) is 0 Å². The fourth-order valence-electron chi connectivity index (χ4n) is 2.89. The third-order valence-corrected chi connectivity index (χ3v) is 5.36. The largest absolute Gasteiger partial charge is 0.452 e. The van der Waals surface area contributed by atoms with E-state index in [0.29, 0.717) is 11.4 Å². The predicted molar refractivity (Wildman–Crippen MR) is 96.2 cm³/mol. The minimum absolute atomic E-state index is 0.0662. The number of thiophene rings is 1. The number of nitrogens with one attached hydrogen (secondary N) is 1. The van der Waals surface area contributed by atoms with Crippen LogP contribution in [-0.2, 0) is 17.6 Å². The van der Waals surface area contributed by atoms with Crippen LogP contribution in [0, 0.1) is 0 Å². The molecule has 1 heterocycles. The van der Waals surface area contributed by atoms with Crippen molar-refractivity contribution >= 4 is 34.7 Å². The zero-order valence-corrected chi connectivity index (χ0v) is 14.6. The Labute approximate surface area is 145 Å².